The number of aliphatic imine (C=N–C) groups is 1. The number of phenolic OH excluding ortho intramolecular Hbond substituents is 1. The first-order valence-corrected chi connectivity index (χ1v) is 10.1. The van der Waals surface area contributed by atoms with Crippen LogP contribution in [0.25, 0.3) is 10.6 Å². The van der Waals surface area contributed by atoms with Gasteiger partial charge in [-0.15, -0.1) is 11.3 Å². The number of carbonyl (C=O) groups is 1. The molecule has 1 aromatic heterocycles. The fourth-order valence-electron chi connectivity index (χ4n) is 3.21. The molecule has 0 aliphatic heterocycles. The number of carbonyl (C=O) groups excluding carboxylic acids is 1. The Balaban J connectivity index is 1.79. The Morgan fingerprint density at radius 3 is 2.55 bits per heavy atom. The van der Waals surface area contributed by atoms with Crippen molar-refractivity contribution in [3.63, 3.8) is 0 Å². The van der Waals surface area contributed by atoms with E-state index in [2.05, 4.69) is 9.98 Å². The van der Waals surface area contributed by atoms with Crippen molar-refractivity contribution in [1.29, 1.82) is 0 Å². The predicted molar refractivity (Wildman–Crippen MR) is 118 cm³/mol. The van der Waals surface area contributed by atoms with Crippen molar-refractivity contribution < 1.29 is 14.6 Å². The van der Waals surface area contributed by atoms with Crippen LogP contribution in [0.2, 0.25) is 0 Å². The van der Waals surface area contributed by atoms with Crippen LogP contribution >= 0.6 is 11.3 Å². The second-order valence-electron chi connectivity index (χ2n) is 6.96. The molecular formula is C23H24N2O3S. The third-order valence-electron chi connectivity index (χ3n) is 4.77. The smallest absolute Gasteiger partial charge is 0.196 e. The number of ketones is 1. The number of aromatic hydroxyl groups is 1. The van der Waals surface area contributed by atoms with E-state index in [-0.39, 0.29) is 12.3 Å². The topological polar surface area (TPSA) is 71.8 Å². The second kappa shape index (κ2) is 8.57. The molecule has 0 radical (unpaired) electrons. The van der Waals surface area contributed by atoms with Gasteiger partial charge in [-0.1, -0.05) is 12.1 Å². The van der Waals surface area contributed by atoms with Gasteiger partial charge in [0.05, 0.1) is 17.7 Å². The number of benzene rings is 2. The number of aromatic nitrogens is 1. The molecule has 2 aromatic carbocycles. The molecule has 0 aliphatic rings. The summed E-state index contributed by atoms with van der Waals surface area (Å²) in [7, 11) is 1.64. The van der Waals surface area contributed by atoms with Gasteiger partial charge in [0.2, 0.25) is 0 Å². The summed E-state index contributed by atoms with van der Waals surface area (Å²) < 4.78 is 5.39. The number of phenols is 1. The molecule has 0 atom stereocenters. The normalized spacial score (nSPS) is 11.2. The van der Waals surface area contributed by atoms with Crippen molar-refractivity contribution in [2.75, 3.05) is 13.7 Å². The Hall–Kier alpha value is -2.99. The minimum Gasteiger partial charge on any atom is -0.507 e. The third-order valence-corrected chi connectivity index (χ3v) is 6.00. The summed E-state index contributed by atoms with van der Waals surface area (Å²) in [4.78, 5) is 22.2. The quantitative estimate of drug-likeness (QED) is 0.457. The number of Topliss-reactive ketones (excluding diaryl/α,β-unsaturated/α-hetero) is 1. The molecule has 0 aliphatic carbocycles. The van der Waals surface area contributed by atoms with E-state index in [1.165, 1.54) is 11.3 Å². The zero-order chi connectivity index (χ0) is 21.1. The number of rotatable bonds is 6. The van der Waals surface area contributed by atoms with E-state index in [0.717, 1.165) is 38.6 Å². The molecular weight excluding hydrogens is 384 g/mol. The molecule has 0 fully saturated rings. The van der Waals surface area contributed by atoms with E-state index < -0.39 is 0 Å². The van der Waals surface area contributed by atoms with Gasteiger partial charge in [-0.3, -0.25) is 9.79 Å². The molecule has 1 heterocycles. The highest BCUT2D eigenvalue weighted by atomic mass is 32.1. The minimum absolute atomic E-state index is 0.0541. The van der Waals surface area contributed by atoms with Crippen LogP contribution in [0.15, 0.2) is 35.3 Å². The highest BCUT2D eigenvalue weighted by molar-refractivity contribution is 7.17. The molecule has 0 spiro atoms. The number of hydrogen-bond acceptors (Lipinski definition) is 6. The maximum Gasteiger partial charge on any atom is 0.196 e. The van der Waals surface area contributed by atoms with E-state index in [4.69, 9.17) is 4.74 Å². The van der Waals surface area contributed by atoms with Crippen LogP contribution in [0.5, 0.6) is 11.5 Å². The zero-order valence-electron chi connectivity index (χ0n) is 17.2. The molecule has 0 saturated carbocycles. The fourth-order valence-corrected chi connectivity index (χ4v) is 4.29. The Morgan fingerprint density at radius 1 is 1.21 bits per heavy atom. The summed E-state index contributed by atoms with van der Waals surface area (Å²) in [6.07, 6.45) is 1.67. The van der Waals surface area contributed by atoms with E-state index in [1.807, 2.05) is 58.0 Å². The van der Waals surface area contributed by atoms with Gasteiger partial charge >= 0.3 is 0 Å². The molecule has 3 rings (SSSR count). The number of nitrogens with zero attached hydrogens (tertiary/aromatic N) is 2. The number of thiazole rings is 1. The third kappa shape index (κ3) is 4.38. The van der Waals surface area contributed by atoms with Gasteiger partial charge in [-0.25, -0.2) is 4.98 Å². The zero-order valence-corrected chi connectivity index (χ0v) is 18.1. The highest BCUT2D eigenvalue weighted by Crippen LogP contribution is 2.34. The van der Waals surface area contributed by atoms with Crippen LogP contribution in [-0.2, 0) is 0 Å². The summed E-state index contributed by atoms with van der Waals surface area (Å²) in [5, 5.41) is 10.7. The molecule has 0 unspecified atom stereocenters. The molecule has 5 nitrogen and oxygen atoms in total. The molecule has 1 N–H and O–H groups in total. The van der Waals surface area contributed by atoms with E-state index in [0.29, 0.717) is 16.3 Å². The van der Waals surface area contributed by atoms with Gasteiger partial charge in [0, 0.05) is 17.3 Å². The standard InChI is InChI=1S/C23H24N2O3S/c1-13-9-17(10-14(2)21(13)27)11-24-12-19(26)22-16(4)25-23(29-22)18-7-6-8-20(28-5)15(18)3/h6-11,27H,12H2,1-5H3. The first kappa shape index (κ1) is 20.7. The minimum atomic E-state index is -0.0599. The largest absolute Gasteiger partial charge is 0.507 e. The van der Waals surface area contributed by atoms with E-state index in [9.17, 15) is 9.90 Å². The molecule has 150 valence electrons. The molecule has 0 amide bonds. The SMILES string of the molecule is COc1cccc(-c2nc(C)c(C(=O)CN=Cc3cc(C)c(O)c(C)c3)s2)c1C. The average Bonchev–Trinajstić information content (AvgIpc) is 3.07. The summed E-state index contributed by atoms with van der Waals surface area (Å²) in [6, 6.07) is 9.51. The van der Waals surface area contributed by atoms with Crippen molar-refractivity contribution >= 4 is 23.3 Å². The lowest BCUT2D eigenvalue weighted by atomic mass is 10.1. The summed E-state index contributed by atoms with van der Waals surface area (Å²) >= 11 is 1.38. The fraction of sp³-hybridized carbons (Fsp3) is 0.261. The van der Waals surface area contributed by atoms with Crippen LogP contribution in [0.1, 0.15) is 37.6 Å². The molecule has 0 saturated heterocycles. The van der Waals surface area contributed by atoms with Crippen LogP contribution in [0, 0.1) is 27.7 Å². The highest BCUT2D eigenvalue weighted by Gasteiger charge is 2.17. The van der Waals surface area contributed by atoms with Gasteiger partial charge in [0.25, 0.3) is 0 Å². The predicted octanol–water partition coefficient (Wildman–Crippen LogP) is 5.06. The lowest BCUT2D eigenvalue weighted by molar-refractivity contribution is 0.100. The Kier molecular flexibility index (Phi) is 6.13. The van der Waals surface area contributed by atoms with Crippen molar-refractivity contribution in [2.24, 2.45) is 4.99 Å². The maximum atomic E-state index is 12.7. The van der Waals surface area contributed by atoms with Crippen molar-refractivity contribution in [1.82, 2.24) is 4.98 Å². The van der Waals surface area contributed by atoms with Crippen molar-refractivity contribution in [2.45, 2.75) is 27.7 Å². The second-order valence-corrected chi connectivity index (χ2v) is 7.96. The van der Waals surface area contributed by atoms with Gasteiger partial charge in [0.15, 0.2) is 5.78 Å². The molecule has 6 heteroatoms. The Morgan fingerprint density at radius 2 is 1.90 bits per heavy atom. The van der Waals surface area contributed by atoms with Crippen molar-refractivity contribution in [3.05, 3.63) is 63.2 Å². The van der Waals surface area contributed by atoms with Gasteiger partial charge in [0.1, 0.15) is 23.1 Å². The summed E-state index contributed by atoms with van der Waals surface area (Å²) in [5.41, 5.74) is 5.11. The average molecular weight is 409 g/mol. The molecule has 3 aromatic rings. The summed E-state index contributed by atoms with van der Waals surface area (Å²) in [5.74, 6) is 1.03. The molecule has 29 heavy (non-hydrogen) atoms. The summed E-state index contributed by atoms with van der Waals surface area (Å²) in [6.45, 7) is 7.57. The van der Waals surface area contributed by atoms with E-state index in [1.54, 1.807) is 13.3 Å². The monoisotopic (exact) mass is 408 g/mol. The Bertz CT molecular complexity index is 1080. The van der Waals surface area contributed by atoms with E-state index >= 15 is 0 Å². The first-order chi connectivity index (χ1) is 13.8. The number of methoxy groups -OCH3 is 1. The molecule has 0 bridgehead atoms. The number of ether oxygens (including phenoxy) is 1. The number of hydrogen-bond donors (Lipinski definition) is 1. The lowest BCUT2D eigenvalue weighted by Gasteiger charge is -2.07. The van der Waals surface area contributed by atoms with Gasteiger partial charge in [-0.2, -0.15) is 0 Å². The lowest BCUT2D eigenvalue weighted by Crippen LogP contribution is -2.03. The van der Waals surface area contributed by atoms with Crippen LogP contribution < -0.4 is 4.74 Å². The maximum absolute atomic E-state index is 12.7. The van der Waals surface area contributed by atoms with Crippen LogP contribution in [-0.4, -0.2) is 35.7 Å². The van der Waals surface area contributed by atoms with Gasteiger partial charge < -0.3 is 9.84 Å². The van der Waals surface area contributed by atoms with Crippen molar-refractivity contribution in [3.8, 4) is 22.1 Å². The van der Waals surface area contributed by atoms with Crippen LogP contribution in [0.4, 0.5) is 0 Å². The van der Waals surface area contributed by atoms with Gasteiger partial charge in [-0.05, 0) is 62.6 Å². The van der Waals surface area contributed by atoms with Crippen LogP contribution in [0.3, 0.4) is 0 Å². The number of aryl methyl sites for hydroxylation is 3. The Labute approximate surface area is 174 Å². The first-order valence-electron chi connectivity index (χ1n) is 9.26.